The van der Waals surface area contributed by atoms with E-state index in [1.807, 2.05) is 6.07 Å². The minimum Gasteiger partial charge on any atom is -0.336 e. The molecule has 0 saturated carbocycles. The predicted molar refractivity (Wildman–Crippen MR) is 52.3 cm³/mol. The fourth-order valence-electron chi connectivity index (χ4n) is 1.07. The number of nitrogens with two attached hydrogens (primary N) is 1. The van der Waals surface area contributed by atoms with Crippen LogP contribution in [0.5, 0.6) is 0 Å². The van der Waals surface area contributed by atoms with Crippen LogP contribution in [0.15, 0.2) is 9.69 Å². The number of hydrogen-bond acceptors (Lipinski definition) is 4. The molecular formula is C8H9N3OS. The minimum absolute atomic E-state index is 0.0538. The first-order valence-corrected chi connectivity index (χ1v) is 4.05. The highest BCUT2D eigenvalue weighted by molar-refractivity contribution is 7.80. The summed E-state index contributed by atoms with van der Waals surface area (Å²) < 4.78 is 0.938. The second-order valence-electron chi connectivity index (χ2n) is 2.72. The van der Waals surface area contributed by atoms with Gasteiger partial charge in [0.25, 0.3) is 5.56 Å². The molecule has 0 saturated heterocycles. The maximum Gasteiger partial charge on any atom is 0.287 e. The lowest BCUT2D eigenvalue weighted by Crippen LogP contribution is -2.32. The van der Waals surface area contributed by atoms with E-state index in [4.69, 9.17) is 11.1 Å². The van der Waals surface area contributed by atoms with Gasteiger partial charge in [0.05, 0.1) is 5.69 Å². The van der Waals surface area contributed by atoms with Crippen molar-refractivity contribution in [2.24, 2.45) is 0 Å². The zero-order chi connectivity index (χ0) is 10.2. The summed E-state index contributed by atoms with van der Waals surface area (Å²) in [5.74, 6) is 5.43. The topological polar surface area (TPSA) is 71.8 Å². The fraction of sp³-hybridized carbons (Fsp3) is 0.250. The van der Waals surface area contributed by atoms with Crippen molar-refractivity contribution in [3.63, 3.8) is 0 Å². The molecule has 0 aliphatic rings. The summed E-state index contributed by atoms with van der Waals surface area (Å²) in [6.07, 6.45) is 0. The largest absolute Gasteiger partial charge is 0.336 e. The van der Waals surface area contributed by atoms with Gasteiger partial charge in [0.1, 0.15) is 11.6 Å². The normalized spacial score (nSPS) is 9.69. The Labute approximate surface area is 81.0 Å². The molecule has 0 aliphatic heterocycles. The third-order valence-corrected chi connectivity index (χ3v) is 2.64. The Balaban J connectivity index is 3.80. The molecule has 13 heavy (non-hydrogen) atoms. The summed E-state index contributed by atoms with van der Waals surface area (Å²) in [6.45, 7) is 3.35. The highest BCUT2D eigenvalue weighted by atomic mass is 32.1. The van der Waals surface area contributed by atoms with Crippen LogP contribution in [-0.2, 0) is 0 Å². The summed E-state index contributed by atoms with van der Waals surface area (Å²) in [5.41, 5.74) is 0.716. The Bertz CT molecular complexity index is 456. The fourth-order valence-corrected chi connectivity index (χ4v) is 1.29. The van der Waals surface area contributed by atoms with Gasteiger partial charge in [0.2, 0.25) is 0 Å². The zero-order valence-electron chi connectivity index (χ0n) is 7.33. The van der Waals surface area contributed by atoms with E-state index in [0.29, 0.717) is 16.2 Å². The number of hydrogen-bond donors (Lipinski definition) is 2. The first-order valence-electron chi connectivity index (χ1n) is 3.61. The van der Waals surface area contributed by atoms with Crippen LogP contribution in [0.2, 0.25) is 0 Å². The number of pyridine rings is 1. The van der Waals surface area contributed by atoms with E-state index >= 15 is 0 Å². The second kappa shape index (κ2) is 3.15. The first-order chi connectivity index (χ1) is 6.00. The molecule has 0 spiro atoms. The summed E-state index contributed by atoms with van der Waals surface area (Å²) >= 11 is 4.16. The van der Waals surface area contributed by atoms with E-state index in [-0.39, 0.29) is 5.56 Å². The predicted octanol–water partition coefficient (Wildman–Crippen LogP) is 0.339. The Morgan fingerprint density at radius 3 is 2.54 bits per heavy atom. The van der Waals surface area contributed by atoms with Crippen molar-refractivity contribution in [2.75, 3.05) is 5.84 Å². The van der Waals surface area contributed by atoms with E-state index in [9.17, 15) is 4.79 Å². The molecule has 4 nitrogen and oxygen atoms in total. The molecule has 0 radical (unpaired) electrons. The quantitative estimate of drug-likeness (QED) is 0.463. The van der Waals surface area contributed by atoms with Crippen molar-refractivity contribution >= 4 is 12.6 Å². The van der Waals surface area contributed by atoms with E-state index < -0.39 is 5.56 Å². The highest BCUT2D eigenvalue weighted by Crippen LogP contribution is 2.16. The monoisotopic (exact) mass is 195 g/mol. The molecule has 0 amide bonds. The SMILES string of the molecule is Cc1c(S)c(C)n(N)c(=O)c1C#N. The lowest BCUT2D eigenvalue weighted by molar-refractivity contribution is 0.839. The molecule has 68 valence electrons. The van der Waals surface area contributed by atoms with Gasteiger partial charge in [-0.2, -0.15) is 5.26 Å². The molecule has 0 atom stereocenters. The number of thiol groups is 1. The molecule has 1 heterocycles. The minimum atomic E-state index is -0.477. The second-order valence-corrected chi connectivity index (χ2v) is 3.17. The summed E-state index contributed by atoms with van der Waals surface area (Å²) in [6, 6.07) is 1.81. The lowest BCUT2D eigenvalue weighted by Gasteiger charge is -2.09. The first kappa shape index (κ1) is 9.68. The van der Waals surface area contributed by atoms with Crippen LogP contribution in [0, 0.1) is 25.2 Å². The molecule has 0 bridgehead atoms. The lowest BCUT2D eigenvalue weighted by atomic mass is 10.1. The molecule has 0 unspecified atom stereocenters. The molecule has 1 rings (SSSR count). The molecule has 2 N–H and O–H groups in total. The zero-order valence-corrected chi connectivity index (χ0v) is 8.22. The average molecular weight is 195 g/mol. The van der Waals surface area contributed by atoms with Crippen LogP contribution in [0.1, 0.15) is 16.8 Å². The Morgan fingerprint density at radius 1 is 1.54 bits per heavy atom. The van der Waals surface area contributed by atoms with Gasteiger partial charge in [0.15, 0.2) is 0 Å². The van der Waals surface area contributed by atoms with Gasteiger partial charge in [-0.25, -0.2) is 4.68 Å². The van der Waals surface area contributed by atoms with Crippen LogP contribution in [0.25, 0.3) is 0 Å². The van der Waals surface area contributed by atoms with E-state index in [1.165, 1.54) is 0 Å². The van der Waals surface area contributed by atoms with Gasteiger partial charge in [-0.05, 0) is 19.4 Å². The van der Waals surface area contributed by atoms with Crippen LogP contribution < -0.4 is 11.4 Å². The van der Waals surface area contributed by atoms with Crippen molar-refractivity contribution in [3.05, 3.63) is 27.2 Å². The summed E-state index contributed by atoms with van der Waals surface area (Å²) in [7, 11) is 0. The third kappa shape index (κ3) is 1.29. The standard InChI is InChI=1S/C8H9N3OS/c1-4-6(3-9)8(12)11(10)5(2)7(4)13/h13H,10H2,1-2H3. The Morgan fingerprint density at radius 2 is 2.08 bits per heavy atom. The Kier molecular flexibility index (Phi) is 2.34. The Hall–Kier alpha value is -1.41. The maximum atomic E-state index is 11.4. The van der Waals surface area contributed by atoms with Crippen LogP contribution in [-0.4, -0.2) is 4.68 Å². The molecule has 1 aromatic heterocycles. The van der Waals surface area contributed by atoms with Gasteiger partial charge in [-0.1, -0.05) is 0 Å². The van der Waals surface area contributed by atoms with Gasteiger partial charge in [0, 0.05) is 4.90 Å². The van der Waals surface area contributed by atoms with E-state index in [2.05, 4.69) is 12.6 Å². The van der Waals surface area contributed by atoms with E-state index in [0.717, 1.165) is 4.68 Å². The average Bonchev–Trinajstić information content (AvgIpc) is 2.13. The molecule has 0 fully saturated rings. The highest BCUT2D eigenvalue weighted by Gasteiger charge is 2.12. The van der Waals surface area contributed by atoms with Crippen LogP contribution in [0.3, 0.4) is 0 Å². The van der Waals surface area contributed by atoms with Crippen LogP contribution in [0.4, 0.5) is 0 Å². The summed E-state index contributed by atoms with van der Waals surface area (Å²) in [4.78, 5) is 12.0. The molecule has 5 heteroatoms. The van der Waals surface area contributed by atoms with Crippen molar-refractivity contribution < 1.29 is 0 Å². The van der Waals surface area contributed by atoms with Crippen molar-refractivity contribution in [1.29, 1.82) is 5.26 Å². The van der Waals surface area contributed by atoms with Gasteiger partial charge in [-0.15, -0.1) is 12.6 Å². The number of rotatable bonds is 0. The number of nitrogens with zero attached hydrogens (tertiary/aromatic N) is 2. The number of nitrogen functional groups attached to an aromatic ring is 1. The summed E-state index contributed by atoms with van der Waals surface area (Å²) in [5, 5.41) is 8.69. The van der Waals surface area contributed by atoms with Crippen molar-refractivity contribution in [2.45, 2.75) is 18.7 Å². The van der Waals surface area contributed by atoms with E-state index in [1.54, 1.807) is 13.8 Å². The van der Waals surface area contributed by atoms with Gasteiger partial charge < -0.3 is 5.84 Å². The molecule has 0 aliphatic carbocycles. The molecule has 1 aromatic rings. The maximum absolute atomic E-state index is 11.4. The molecule has 0 aromatic carbocycles. The smallest absolute Gasteiger partial charge is 0.287 e. The van der Waals surface area contributed by atoms with Gasteiger partial charge in [-0.3, -0.25) is 4.79 Å². The van der Waals surface area contributed by atoms with Crippen molar-refractivity contribution in [1.82, 2.24) is 4.68 Å². The van der Waals surface area contributed by atoms with Gasteiger partial charge >= 0.3 is 0 Å². The number of aromatic nitrogens is 1. The molecular weight excluding hydrogens is 186 g/mol. The number of nitriles is 1. The van der Waals surface area contributed by atoms with Crippen molar-refractivity contribution in [3.8, 4) is 6.07 Å². The van der Waals surface area contributed by atoms with Crippen LogP contribution >= 0.6 is 12.6 Å². The third-order valence-electron chi connectivity index (χ3n) is 1.98.